The van der Waals surface area contributed by atoms with Crippen molar-refractivity contribution in [3.8, 4) is 5.75 Å². The molecular weight excluding hydrogens is 398 g/mol. The first-order valence-corrected chi connectivity index (χ1v) is 10.1. The molecule has 0 N–H and O–H groups in total. The van der Waals surface area contributed by atoms with Crippen molar-refractivity contribution < 1.29 is 28.7 Å². The molecule has 3 rings (SSSR count). The fourth-order valence-electron chi connectivity index (χ4n) is 2.96. The Hall–Kier alpha value is -3.01. The quantitative estimate of drug-likeness (QED) is 0.494. The van der Waals surface area contributed by atoms with E-state index >= 15 is 0 Å². The molecule has 0 atom stereocenters. The van der Waals surface area contributed by atoms with Crippen molar-refractivity contribution in [1.82, 2.24) is 9.47 Å². The van der Waals surface area contributed by atoms with Crippen LogP contribution in [0.4, 0.5) is 0 Å². The number of amides is 3. The van der Waals surface area contributed by atoms with Crippen molar-refractivity contribution in [3.63, 3.8) is 0 Å². The fourth-order valence-corrected chi connectivity index (χ4v) is 4.04. The lowest BCUT2D eigenvalue weighted by atomic mass is 10.3. The van der Waals surface area contributed by atoms with E-state index in [1.165, 1.54) is 11.3 Å². The predicted octanol–water partition coefficient (Wildman–Crippen LogP) is 1.24. The van der Waals surface area contributed by atoms with Crippen LogP contribution >= 0.6 is 11.3 Å². The van der Waals surface area contributed by atoms with Crippen LogP contribution in [0.1, 0.15) is 26.7 Å². The fraction of sp³-hybridized carbons (Fsp3) is 0.421. The molecule has 0 radical (unpaired) electrons. The summed E-state index contributed by atoms with van der Waals surface area (Å²) in [6.07, 6.45) is 0.218. The number of esters is 1. The Morgan fingerprint density at radius 3 is 2.48 bits per heavy atom. The molecule has 1 aliphatic heterocycles. The summed E-state index contributed by atoms with van der Waals surface area (Å²) >= 11 is 1.21. The van der Waals surface area contributed by atoms with Gasteiger partial charge >= 0.3 is 5.97 Å². The molecule has 0 bridgehead atoms. The van der Waals surface area contributed by atoms with Crippen LogP contribution in [0, 0.1) is 0 Å². The molecule has 9 nitrogen and oxygen atoms in total. The van der Waals surface area contributed by atoms with Gasteiger partial charge in [-0.15, -0.1) is 0 Å². The zero-order valence-corrected chi connectivity index (χ0v) is 17.0. The Morgan fingerprint density at radius 2 is 1.83 bits per heavy atom. The number of carbonyl (C=O) groups is 4. The first-order chi connectivity index (χ1) is 13.9. The van der Waals surface area contributed by atoms with E-state index in [4.69, 9.17) is 9.47 Å². The number of hydrogen-bond acceptors (Lipinski definition) is 7. The highest BCUT2D eigenvalue weighted by molar-refractivity contribution is 7.16. The number of imide groups is 1. The molecular formula is C19H21N3O6S. The Morgan fingerprint density at radius 1 is 1.10 bits per heavy atom. The number of carbonyl (C=O) groups excluding carboxylic acids is 4. The smallest absolute Gasteiger partial charge is 0.326 e. The van der Waals surface area contributed by atoms with E-state index in [1.807, 2.05) is 13.0 Å². The summed E-state index contributed by atoms with van der Waals surface area (Å²) in [4.78, 5) is 53.2. The lowest BCUT2D eigenvalue weighted by Crippen LogP contribution is -2.34. The van der Waals surface area contributed by atoms with Crippen LogP contribution in [0.15, 0.2) is 23.2 Å². The number of fused-ring (bicyclic) bond motifs is 1. The van der Waals surface area contributed by atoms with Crippen LogP contribution in [-0.2, 0) is 30.5 Å². The van der Waals surface area contributed by atoms with Gasteiger partial charge in [0.2, 0.25) is 11.8 Å². The van der Waals surface area contributed by atoms with Gasteiger partial charge in [0.15, 0.2) is 4.80 Å². The first kappa shape index (κ1) is 20.7. The number of aromatic nitrogens is 1. The number of likely N-dealkylation sites (tertiary alicyclic amines) is 1. The average Bonchev–Trinajstić information content (AvgIpc) is 3.16. The average molecular weight is 419 g/mol. The second kappa shape index (κ2) is 8.99. The minimum atomic E-state index is -0.636. The zero-order valence-electron chi connectivity index (χ0n) is 16.2. The van der Waals surface area contributed by atoms with E-state index in [0.29, 0.717) is 17.9 Å². The maximum Gasteiger partial charge on any atom is 0.326 e. The molecule has 10 heteroatoms. The summed E-state index contributed by atoms with van der Waals surface area (Å²) < 4.78 is 12.9. The van der Waals surface area contributed by atoms with Crippen LogP contribution in [-0.4, -0.2) is 52.9 Å². The van der Waals surface area contributed by atoms with Gasteiger partial charge in [-0.3, -0.25) is 24.1 Å². The predicted molar refractivity (Wildman–Crippen MR) is 104 cm³/mol. The highest BCUT2D eigenvalue weighted by Crippen LogP contribution is 2.23. The molecule has 1 aromatic heterocycles. The summed E-state index contributed by atoms with van der Waals surface area (Å²) in [5.41, 5.74) is 0.700. The molecule has 1 saturated heterocycles. The van der Waals surface area contributed by atoms with Gasteiger partial charge in [0, 0.05) is 12.8 Å². The Kier molecular flexibility index (Phi) is 6.42. The largest absolute Gasteiger partial charge is 0.494 e. The zero-order chi connectivity index (χ0) is 21.0. The lowest BCUT2D eigenvalue weighted by molar-refractivity contribution is -0.144. The Labute approximate surface area is 170 Å². The molecule has 1 aromatic carbocycles. The van der Waals surface area contributed by atoms with E-state index < -0.39 is 18.4 Å². The molecule has 1 aliphatic rings. The van der Waals surface area contributed by atoms with Crippen LogP contribution in [0.2, 0.25) is 0 Å². The molecule has 2 aromatic rings. The first-order valence-electron chi connectivity index (χ1n) is 9.25. The third-order valence-electron chi connectivity index (χ3n) is 4.23. The summed E-state index contributed by atoms with van der Waals surface area (Å²) in [5, 5.41) is 0. The van der Waals surface area contributed by atoms with Gasteiger partial charge in [0.05, 0.1) is 23.4 Å². The van der Waals surface area contributed by atoms with E-state index in [1.54, 1.807) is 23.6 Å². The highest BCUT2D eigenvalue weighted by Gasteiger charge is 2.30. The number of nitrogens with zero attached hydrogens (tertiary/aromatic N) is 3. The van der Waals surface area contributed by atoms with Gasteiger partial charge in [-0.1, -0.05) is 11.3 Å². The van der Waals surface area contributed by atoms with Crippen molar-refractivity contribution in [2.45, 2.75) is 33.2 Å². The molecule has 0 aliphatic carbocycles. The molecule has 0 unspecified atom stereocenters. The van der Waals surface area contributed by atoms with Gasteiger partial charge in [0.25, 0.3) is 5.91 Å². The summed E-state index contributed by atoms with van der Waals surface area (Å²) in [7, 11) is 0. The van der Waals surface area contributed by atoms with Gasteiger partial charge in [-0.2, -0.15) is 4.99 Å². The Balaban J connectivity index is 1.98. The SMILES string of the molecule is CCOC(=O)Cn1c(=NC(=O)CN2C(=O)CCC2=O)sc2cc(OCC)ccc21. The maximum atomic E-state index is 12.4. The van der Waals surface area contributed by atoms with Crippen LogP contribution in [0.3, 0.4) is 0 Å². The molecule has 0 spiro atoms. The maximum absolute atomic E-state index is 12.4. The van der Waals surface area contributed by atoms with E-state index in [0.717, 1.165) is 9.60 Å². The molecule has 154 valence electrons. The van der Waals surface area contributed by atoms with E-state index in [2.05, 4.69) is 4.99 Å². The number of rotatable bonds is 7. The van der Waals surface area contributed by atoms with Crippen molar-refractivity contribution in [2.24, 2.45) is 4.99 Å². The third-order valence-corrected chi connectivity index (χ3v) is 5.27. The van der Waals surface area contributed by atoms with Crippen LogP contribution in [0.25, 0.3) is 10.2 Å². The number of ether oxygens (including phenoxy) is 2. The second-order valence-corrected chi connectivity index (χ2v) is 7.23. The number of hydrogen-bond donors (Lipinski definition) is 0. The normalized spacial score (nSPS) is 14.7. The van der Waals surface area contributed by atoms with E-state index in [-0.39, 0.29) is 42.6 Å². The van der Waals surface area contributed by atoms with Crippen molar-refractivity contribution in [2.75, 3.05) is 19.8 Å². The summed E-state index contributed by atoms with van der Waals surface area (Å²) in [6, 6.07) is 5.36. The topological polar surface area (TPSA) is 107 Å². The molecule has 2 heterocycles. The number of benzene rings is 1. The molecule has 3 amide bonds. The van der Waals surface area contributed by atoms with Gasteiger partial charge in [0.1, 0.15) is 18.8 Å². The Bertz CT molecular complexity index is 1020. The van der Waals surface area contributed by atoms with Gasteiger partial charge in [-0.25, -0.2) is 0 Å². The third kappa shape index (κ3) is 4.70. The van der Waals surface area contributed by atoms with Crippen LogP contribution in [0.5, 0.6) is 5.75 Å². The van der Waals surface area contributed by atoms with Crippen LogP contribution < -0.4 is 9.54 Å². The van der Waals surface area contributed by atoms with Crippen molar-refractivity contribution in [1.29, 1.82) is 0 Å². The van der Waals surface area contributed by atoms with Gasteiger partial charge in [-0.05, 0) is 32.0 Å². The summed E-state index contributed by atoms with van der Waals surface area (Å²) in [5.74, 6) is -1.19. The monoisotopic (exact) mass is 419 g/mol. The highest BCUT2D eigenvalue weighted by atomic mass is 32.1. The standard InChI is InChI=1S/C19H21N3O6S/c1-3-27-12-5-6-13-14(9-12)29-19(21(13)11-18(26)28-4-2)20-15(23)10-22-16(24)7-8-17(22)25/h5-6,9H,3-4,7-8,10-11H2,1-2H3. The minimum Gasteiger partial charge on any atom is -0.494 e. The molecule has 29 heavy (non-hydrogen) atoms. The lowest BCUT2D eigenvalue weighted by Gasteiger charge is -2.10. The van der Waals surface area contributed by atoms with Crippen molar-refractivity contribution in [3.05, 3.63) is 23.0 Å². The molecule has 0 saturated carbocycles. The summed E-state index contributed by atoms with van der Waals surface area (Å²) in [6.45, 7) is 3.81. The second-order valence-electron chi connectivity index (χ2n) is 6.22. The minimum absolute atomic E-state index is 0.109. The van der Waals surface area contributed by atoms with Crippen molar-refractivity contribution >= 4 is 45.2 Å². The molecule has 1 fully saturated rings. The number of thiazole rings is 1. The van der Waals surface area contributed by atoms with Gasteiger partial charge < -0.3 is 14.0 Å². The van der Waals surface area contributed by atoms with E-state index in [9.17, 15) is 19.2 Å².